The van der Waals surface area contributed by atoms with E-state index in [2.05, 4.69) is 31.3 Å². The van der Waals surface area contributed by atoms with Crippen LogP contribution in [0.2, 0.25) is 0 Å². The van der Waals surface area contributed by atoms with Crippen LogP contribution in [0.5, 0.6) is 0 Å². The van der Waals surface area contributed by atoms with Gasteiger partial charge in [0.05, 0.1) is 25.4 Å². The lowest BCUT2D eigenvalue weighted by Crippen LogP contribution is -2.45. The maximum absolute atomic E-state index is 12.5. The molecule has 3 N–H and O–H groups in total. The Kier molecular flexibility index (Phi) is 52.0. The van der Waals surface area contributed by atoms with E-state index in [0.717, 1.165) is 38.5 Å². The standard InChI is InChI=1S/C57H111NO5/c1-3-5-7-9-11-13-15-16-26-30-33-37-41-45-49-55(60)54(53-59)58-56(61)50-46-42-38-34-31-27-24-22-20-18-17-19-21-23-25-28-32-36-40-44-48-52-63-57(62)51-47-43-39-35-29-14-12-10-8-6-4-2/h18,20,54-55,59-60H,3-17,19,21-53H2,1-2H3,(H,58,61)/b20-18-. The van der Waals surface area contributed by atoms with E-state index < -0.39 is 12.1 Å². The Bertz CT molecular complexity index is 939. The first-order chi connectivity index (χ1) is 31.0. The van der Waals surface area contributed by atoms with Gasteiger partial charge in [-0.2, -0.15) is 0 Å². The minimum absolute atomic E-state index is 0.00823. The minimum Gasteiger partial charge on any atom is -0.466 e. The molecule has 0 saturated heterocycles. The van der Waals surface area contributed by atoms with E-state index in [1.54, 1.807) is 0 Å². The number of carbonyl (C=O) groups is 2. The zero-order chi connectivity index (χ0) is 45.8. The van der Waals surface area contributed by atoms with Gasteiger partial charge in [-0.05, 0) is 51.4 Å². The summed E-state index contributed by atoms with van der Waals surface area (Å²) in [6.45, 7) is 4.95. The molecule has 2 atom stereocenters. The van der Waals surface area contributed by atoms with Gasteiger partial charge in [-0.1, -0.05) is 264 Å². The predicted molar refractivity (Wildman–Crippen MR) is 273 cm³/mol. The molecule has 6 nitrogen and oxygen atoms in total. The number of allylic oxidation sites excluding steroid dienone is 2. The largest absolute Gasteiger partial charge is 0.466 e. The fourth-order valence-electron chi connectivity index (χ4n) is 8.93. The summed E-state index contributed by atoms with van der Waals surface area (Å²) in [5.41, 5.74) is 0. The number of nitrogens with one attached hydrogen (secondary N) is 1. The molecular formula is C57H111NO5. The van der Waals surface area contributed by atoms with Crippen LogP contribution >= 0.6 is 0 Å². The van der Waals surface area contributed by atoms with Crippen molar-refractivity contribution in [2.45, 2.75) is 328 Å². The van der Waals surface area contributed by atoms with E-state index in [1.165, 1.54) is 244 Å². The lowest BCUT2D eigenvalue weighted by Gasteiger charge is -2.22. The van der Waals surface area contributed by atoms with E-state index in [0.29, 0.717) is 25.9 Å². The first kappa shape index (κ1) is 61.6. The maximum atomic E-state index is 12.5. The SMILES string of the molecule is CCCCCCCCCCCCCCCCC(O)C(CO)NC(=O)CCCCCCCCC/C=C\CCCCCCCCCCCCOC(=O)CCCCCCCCCCCCC. The van der Waals surface area contributed by atoms with Gasteiger partial charge < -0.3 is 20.3 Å². The van der Waals surface area contributed by atoms with Crippen LogP contribution in [-0.4, -0.2) is 47.4 Å². The van der Waals surface area contributed by atoms with Crippen molar-refractivity contribution >= 4 is 11.9 Å². The number of aliphatic hydroxyl groups is 2. The third-order valence-corrected chi connectivity index (χ3v) is 13.3. The van der Waals surface area contributed by atoms with Crippen molar-refractivity contribution in [1.29, 1.82) is 0 Å². The van der Waals surface area contributed by atoms with Gasteiger partial charge in [0.15, 0.2) is 0 Å². The van der Waals surface area contributed by atoms with Crippen molar-refractivity contribution in [1.82, 2.24) is 5.32 Å². The van der Waals surface area contributed by atoms with Crippen molar-refractivity contribution in [2.24, 2.45) is 0 Å². The van der Waals surface area contributed by atoms with E-state index in [4.69, 9.17) is 4.74 Å². The molecule has 0 spiro atoms. The van der Waals surface area contributed by atoms with Crippen molar-refractivity contribution in [3.8, 4) is 0 Å². The highest BCUT2D eigenvalue weighted by molar-refractivity contribution is 5.76. The Morgan fingerprint density at radius 1 is 0.429 bits per heavy atom. The second-order valence-electron chi connectivity index (χ2n) is 19.6. The van der Waals surface area contributed by atoms with Crippen LogP contribution in [0, 0.1) is 0 Å². The van der Waals surface area contributed by atoms with Gasteiger partial charge in [0.25, 0.3) is 0 Å². The summed E-state index contributed by atoms with van der Waals surface area (Å²) in [7, 11) is 0. The average Bonchev–Trinajstić information content (AvgIpc) is 3.28. The highest BCUT2D eigenvalue weighted by Gasteiger charge is 2.20. The van der Waals surface area contributed by atoms with Crippen LogP contribution in [0.1, 0.15) is 316 Å². The molecule has 0 aromatic rings. The summed E-state index contributed by atoms with van der Waals surface area (Å²) in [5, 5.41) is 23.2. The summed E-state index contributed by atoms with van der Waals surface area (Å²) in [4.78, 5) is 24.4. The number of hydrogen-bond acceptors (Lipinski definition) is 5. The highest BCUT2D eigenvalue weighted by atomic mass is 16.5. The fourth-order valence-corrected chi connectivity index (χ4v) is 8.93. The molecule has 0 rings (SSSR count). The van der Waals surface area contributed by atoms with Crippen molar-refractivity contribution in [2.75, 3.05) is 13.2 Å². The molecule has 0 aliphatic heterocycles. The number of rotatable bonds is 53. The van der Waals surface area contributed by atoms with E-state index in [9.17, 15) is 19.8 Å². The molecule has 0 aliphatic carbocycles. The van der Waals surface area contributed by atoms with Gasteiger partial charge in [0.2, 0.25) is 5.91 Å². The summed E-state index contributed by atoms with van der Waals surface area (Å²) < 4.78 is 5.46. The predicted octanol–water partition coefficient (Wildman–Crippen LogP) is 17.3. The van der Waals surface area contributed by atoms with Gasteiger partial charge in [0.1, 0.15) is 0 Å². The summed E-state index contributed by atoms with van der Waals surface area (Å²) in [6.07, 6.45) is 62.0. The van der Waals surface area contributed by atoms with Gasteiger partial charge in [-0.25, -0.2) is 0 Å². The molecule has 0 aromatic carbocycles. The Balaban J connectivity index is 3.42. The first-order valence-electron chi connectivity index (χ1n) is 28.4. The van der Waals surface area contributed by atoms with Crippen LogP contribution in [0.3, 0.4) is 0 Å². The average molecular weight is 891 g/mol. The third kappa shape index (κ3) is 49.9. The Morgan fingerprint density at radius 3 is 1.13 bits per heavy atom. The fraction of sp³-hybridized carbons (Fsp3) is 0.930. The number of aliphatic hydroxyl groups excluding tert-OH is 2. The van der Waals surface area contributed by atoms with Gasteiger partial charge in [0, 0.05) is 12.8 Å². The van der Waals surface area contributed by atoms with E-state index >= 15 is 0 Å². The highest BCUT2D eigenvalue weighted by Crippen LogP contribution is 2.17. The number of unbranched alkanes of at least 4 members (excludes halogenated alkanes) is 40. The second kappa shape index (κ2) is 53.2. The molecule has 6 heteroatoms. The van der Waals surface area contributed by atoms with Crippen molar-refractivity contribution in [3.63, 3.8) is 0 Å². The summed E-state index contributed by atoms with van der Waals surface area (Å²) in [6, 6.07) is -0.545. The topological polar surface area (TPSA) is 95.9 Å². The maximum Gasteiger partial charge on any atom is 0.305 e. The number of carbonyl (C=O) groups excluding carboxylic acids is 2. The molecule has 374 valence electrons. The zero-order valence-corrected chi connectivity index (χ0v) is 42.6. The van der Waals surface area contributed by atoms with E-state index in [1.807, 2.05) is 0 Å². The molecule has 0 bridgehead atoms. The molecule has 0 radical (unpaired) electrons. The summed E-state index contributed by atoms with van der Waals surface area (Å²) >= 11 is 0. The molecular weight excluding hydrogens is 779 g/mol. The minimum atomic E-state index is -0.667. The zero-order valence-electron chi connectivity index (χ0n) is 42.6. The molecule has 2 unspecified atom stereocenters. The van der Waals surface area contributed by atoms with Crippen LogP contribution in [0.15, 0.2) is 12.2 Å². The first-order valence-corrected chi connectivity index (χ1v) is 28.4. The number of ether oxygens (including phenoxy) is 1. The Morgan fingerprint density at radius 2 is 0.746 bits per heavy atom. The van der Waals surface area contributed by atoms with Crippen molar-refractivity contribution in [3.05, 3.63) is 12.2 Å². The molecule has 63 heavy (non-hydrogen) atoms. The smallest absolute Gasteiger partial charge is 0.305 e. The van der Waals surface area contributed by atoms with Crippen molar-refractivity contribution < 1.29 is 24.5 Å². The van der Waals surface area contributed by atoms with Crippen LogP contribution in [0.4, 0.5) is 0 Å². The van der Waals surface area contributed by atoms with Gasteiger partial charge in [-0.15, -0.1) is 0 Å². The quantitative estimate of drug-likeness (QED) is 0.0321. The lowest BCUT2D eigenvalue weighted by molar-refractivity contribution is -0.143. The molecule has 0 saturated carbocycles. The van der Waals surface area contributed by atoms with E-state index in [-0.39, 0.29) is 18.5 Å². The lowest BCUT2D eigenvalue weighted by atomic mass is 10.0. The van der Waals surface area contributed by atoms with Crippen LogP contribution < -0.4 is 5.32 Å². The third-order valence-electron chi connectivity index (χ3n) is 13.3. The molecule has 1 amide bonds. The number of esters is 1. The monoisotopic (exact) mass is 890 g/mol. The van der Waals surface area contributed by atoms with Gasteiger partial charge >= 0.3 is 5.97 Å². The summed E-state index contributed by atoms with van der Waals surface area (Å²) in [5.74, 6) is -0.0331. The van der Waals surface area contributed by atoms with Gasteiger partial charge in [-0.3, -0.25) is 9.59 Å². The number of hydrogen-bond donors (Lipinski definition) is 3. The van der Waals surface area contributed by atoms with Crippen LogP contribution in [-0.2, 0) is 14.3 Å². The van der Waals surface area contributed by atoms with Crippen LogP contribution in [0.25, 0.3) is 0 Å². The Labute approximate surface area is 393 Å². The normalized spacial score (nSPS) is 12.6. The Hall–Kier alpha value is -1.40. The molecule has 0 heterocycles. The molecule has 0 aromatic heterocycles. The molecule has 0 aliphatic rings. The second-order valence-corrected chi connectivity index (χ2v) is 19.6. The molecule has 0 fully saturated rings. The number of amides is 1.